The summed E-state index contributed by atoms with van der Waals surface area (Å²) in [5.41, 5.74) is 7.12. The van der Waals surface area contributed by atoms with E-state index in [9.17, 15) is 4.79 Å². The van der Waals surface area contributed by atoms with Crippen molar-refractivity contribution in [1.82, 2.24) is 10.2 Å². The van der Waals surface area contributed by atoms with E-state index in [-0.39, 0.29) is 5.91 Å². The van der Waals surface area contributed by atoms with Gasteiger partial charge in [0, 0.05) is 19.1 Å². The van der Waals surface area contributed by atoms with Crippen molar-refractivity contribution >= 4 is 5.91 Å². The first-order valence-electron chi connectivity index (χ1n) is 7.95. The molecular formula is C17H27N3O. The average molecular weight is 289 g/mol. The lowest BCUT2D eigenvalue weighted by Crippen LogP contribution is -2.52. The molecule has 1 heterocycles. The van der Waals surface area contributed by atoms with Crippen molar-refractivity contribution in [2.45, 2.75) is 32.2 Å². The van der Waals surface area contributed by atoms with Crippen molar-refractivity contribution in [2.75, 3.05) is 26.2 Å². The van der Waals surface area contributed by atoms with Crippen molar-refractivity contribution < 1.29 is 4.79 Å². The smallest absolute Gasteiger partial charge is 0.234 e. The van der Waals surface area contributed by atoms with E-state index >= 15 is 0 Å². The highest BCUT2D eigenvalue weighted by atomic mass is 16.2. The number of nitrogens with one attached hydrogen (secondary N) is 1. The van der Waals surface area contributed by atoms with Crippen LogP contribution in [0, 0.1) is 5.92 Å². The van der Waals surface area contributed by atoms with Crippen molar-refractivity contribution in [3.8, 4) is 0 Å². The van der Waals surface area contributed by atoms with Crippen LogP contribution in [0.25, 0.3) is 0 Å². The van der Waals surface area contributed by atoms with Gasteiger partial charge >= 0.3 is 0 Å². The second-order valence-electron chi connectivity index (χ2n) is 5.98. The molecule has 2 unspecified atom stereocenters. The number of nitrogens with zero attached hydrogens (tertiary/aromatic N) is 1. The molecule has 2 atom stereocenters. The fraction of sp³-hybridized carbons (Fsp3) is 0.588. The first-order chi connectivity index (χ1) is 10.2. The van der Waals surface area contributed by atoms with Gasteiger partial charge in [0.05, 0.1) is 6.54 Å². The van der Waals surface area contributed by atoms with Gasteiger partial charge in [-0.15, -0.1) is 0 Å². The highest BCUT2D eigenvalue weighted by Crippen LogP contribution is 2.21. The van der Waals surface area contributed by atoms with Gasteiger partial charge in [0.1, 0.15) is 0 Å². The first kappa shape index (κ1) is 16.0. The van der Waals surface area contributed by atoms with E-state index in [4.69, 9.17) is 5.73 Å². The number of nitrogens with two attached hydrogens (primary N) is 1. The highest BCUT2D eigenvalue weighted by molar-refractivity contribution is 5.78. The Morgan fingerprint density at radius 2 is 2.14 bits per heavy atom. The number of hydrogen-bond acceptors (Lipinski definition) is 3. The Morgan fingerprint density at radius 1 is 1.38 bits per heavy atom. The molecule has 0 aliphatic carbocycles. The number of carbonyl (C=O) groups is 1. The molecule has 0 bridgehead atoms. The number of carbonyl (C=O) groups excluding carboxylic acids is 1. The number of amides is 1. The highest BCUT2D eigenvalue weighted by Gasteiger charge is 2.28. The molecule has 0 aromatic heterocycles. The minimum absolute atomic E-state index is 0.110. The summed E-state index contributed by atoms with van der Waals surface area (Å²) < 4.78 is 0. The van der Waals surface area contributed by atoms with Gasteiger partial charge in [-0.3, -0.25) is 9.69 Å². The zero-order valence-corrected chi connectivity index (χ0v) is 12.9. The third-order valence-electron chi connectivity index (χ3n) is 4.40. The standard InChI is InChI=1S/C17H27N3O/c1-14-6-5-11-20(16(14)12-18)13-17(21)19-10-9-15-7-3-2-4-8-15/h2-4,7-8,14,16H,5-6,9-13,18H2,1H3,(H,19,21). The number of likely N-dealkylation sites (tertiary alicyclic amines) is 1. The molecule has 116 valence electrons. The van der Waals surface area contributed by atoms with Gasteiger partial charge in [0.15, 0.2) is 0 Å². The Kier molecular flexibility index (Phi) is 6.21. The molecule has 4 nitrogen and oxygen atoms in total. The minimum atomic E-state index is 0.110. The number of benzene rings is 1. The third kappa shape index (κ3) is 4.83. The van der Waals surface area contributed by atoms with Crippen LogP contribution in [-0.4, -0.2) is 43.0 Å². The van der Waals surface area contributed by atoms with Gasteiger partial charge < -0.3 is 11.1 Å². The molecular weight excluding hydrogens is 262 g/mol. The number of rotatable bonds is 6. The van der Waals surface area contributed by atoms with Crippen LogP contribution in [0.1, 0.15) is 25.3 Å². The molecule has 0 spiro atoms. The molecule has 4 heteroatoms. The van der Waals surface area contributed by atoms with Crippen molar-refractivity contribution in [3.63, 3.8) is 0 Å². The quantitative estimate of drug-likeness (QED) is 0.832. The Bertz CT molecular complexity index is 435. The van der Waals surface area contributed by atoms with Gasteiger partial charge in [-0.05, 0) is 37.3 Å². The molecule has 0 radical (unpaired) electrons. The molecule has 1 fully saturated rings. The van der Waals surface area contributed by atoms with Crippen LogP contribution in [0.5, 0.6) is 0 Å². The second kappa shape index (κ2) is 8.15. The molecule has 1 amide bonds. The molecule has 1 aliphatic rings. The summed E-state index contributed by atoms with van der Waals surface area (Å²) in [5, 5.41) is 3.02. The van der Waals surface area contributed by atoms with E-state index in [0.29, 0.717) is 31.6 Å². The summed E-state index contributed by atoms with van der Waals surface area (Å²) in [6.45, 7) is 5.02. The Labute approximate surface area is 127 Å². The van der Waals surface area contributed by atoms with Gasteiger partial charge in [0.25, 0.3) is 0 Å². The summed E-state index contributed by atoms with van der Waals surface area (Å²) in [4.78, 5) is 14.3. The second-order valence-corrected chi connectivity index (χ2v) is 5.98. The molecule has 1 aliphatic heterocycles. The lowest BCUT2D eigenvalue weighted by atomic mass is 9.91. The van der Waals surface area contributed by atoms with Crippen LogP contribution in [-0.2, 0) is 11.2 Å². The number of piperidine rings is 1. The van der Waals surface area contributed by atoms with E-state index in [0.717, 1.165) is 19.4 Å². The maximum Gasteiger partial charge on any atom is 0.234 e. The summed E-state index contributed by atoms with van der Waals surface area (Å²) in [5.74, 6) is 0.694. The van der Waals surface area contributed by atoms with Crippen LogP contribution in [0.15, 0.2) is 30.3 Å². The lowest BCUT2D eigenvalue weighted by molar-refractivity contribution is -0.123. The minimum Gasteiger partial charge on any atom is -0.355 e. The monoisotopic (exact) mass is 289 g/mol. The lowest BCUT2D eigenvalue weighted by Gasteiger charge is -2.38. The van der Waals surface area contributed by atoms with Crippen LogP contribution in [0.3, 0.4) is 0 Å². The van der Waals surface area contributed by atoms with E-state index in [1.54, 1.807) is 0 Å². The van der Waals surface area contributed by atoms with Gasteiger partial charge in [0.2, 0.25) is 5.91 Å². The van der Waals surface area contributed by atoms with Crippen LogP contribution in [0.4, 0.5) is 0 Å². The average Bonchev–Trinajstić information content (AvgIpc) is 2.48. The predicted molar refractivity (Wildman–Crippen MR) is 86.0 cm³/mol. The summed E-state index contributed by atoms with van der Waals surface area (Å²) in [6, 6.07) is 10.6. The zero-order chi connectivity index (χ0) is 15.1. The topological polar surface area (TPSA) is 58.4 Å². The van der Waals surface area contributed by atoms with Crippen molar-refractivity contribution in [1.29, 1.82) is 0 Å². The Hall–Kier alpha value is -1.39. The molecule has 0 saturated carbocycles. The fourth-order valence-corrected chi connectivity index (χ4v) is 3.14. The Morgan fingerprint density at radius 3 is 2.86 bits per heavy atom. The van der Waals surface area contributed by atoms with E-state index < -0.39 is 0 Å². The SMILES string of the molecule is CC1CCCN(CC(=O)NCCc2ccccc2)C1CN. The maximum atomic E-state index is 12.1. The normalized spacial score (nSPS) is 23.0. The summed E-state index contributed by atoms with van der Waals surface area (Å²) >= 11 is 0. The molecule has 1 aromatic carbocycles. The predicted octanol–water partition coefficient (Wildman–Crippen LogP) is 1.40. The van der Waals surface area contributed by atoms with E-state index in [1.165, 1.54) is 12.0 Å². The zero-order valence-electron chi connectivity index (χ0n) is 12.9. The van der Waals surface area contributed by atoms with Crippen molar-refractivity contribution in [3.05, 3.63) is 35.9 Å². The molecule has 21 heavy (non-hydrogen) atoms. The summed E-state index contributed by atoms with van der Waals surface area (Å²) in [6.07, 6.45) is 3.26. The van der Waals surface area contributed by atoms with Gasteiger partial charge in [-0.1, -0.05) is 37.3 Å². The van der Waals surface area contributed by atoms with Crippen LogP contribution in [0.2, 0.25) is 0 Å². The molecule has 3 N–H and O–H groups in total. The van der Waals surface area contributed by atoms with Gasteiger partial charge in [-0.2, -0.15) is 0 Å². The number of hydrogen-bond donors (Lipinski definition) is 2. The first-order valence-corrected chi connectivity index (χ1v) is 7.95. The van der Waals surface area contributed by atoms with Gasteiger partial charge in [-0.25, -0.2) is 0 Å². The third-order valence-corrected chi connectivity index (χ3v) is 4.40. The van der Waals surface area contributed by atoms with Crippen molar-refractivity contribution in [2.24, 2.45) is 11.7 Å². The van der Waals surface area contributed by atoms with E-state index in [2.05, 4.69) is 29.3 Å². The Balaban J connectivity index is 1.73. The molecule has 1 saturated heterocycles. The molecule has 1 aromatic rings. The largest absolute Gasteiger partial charge is 0.355 e. The van der Waals surface area contributed by atoms with Crippen LogP contribution < -0.4 is 11.1 Å². The molecule has 2 rings (SSSR count). The van der Waals surface area contributed by atoms with Crippen LogP contribution >= 0.6 is 0 Å². The summed E-state index contributed by atoms with van der Waals surface area (Å²) in [7, 11) is 0. The maximum absolute atomic E-state index is 12.1. The fourth-order valence-electron chi connectivity index (χ4n) is 3.14. The van der Waals surface area contributed by atoms with E-state index in [1.807, 2.05) is 18.2 Å².